The highest BCUT2D eigenvalue weighted by molar-refractivity contribution is 5.77. The van der Waals surface area contributed by atoms with Crippen molar-refractivity contribution >= 4 is 5.97 Å². The van der Waals surface area contributed by atoms with Gasteiger partial charge in [0, 0.05) is 12.4 Å². The molecule has 0 saturated heterocycles. The number of aromatic nitrogens is 1. The van der Waals surface area contributed by atoms with Gasteiger partial charge in [-0.1, -0.05) is 6.07 Å². The molecule has 0 aliphatic carbocycles. The average molecular weight is 274 g/mol. The third kappa shape index (κ3) is 3.24. The van der Waals surface area contributed by atoms with Crippen LogP contribution >= 0.6 is 0 Å². The Labute approximate surface area is 118 Å². The summed E-state index contributed by atoms with van der Waals surface area (Å²) in [6.45, 7) is 3.82. The minimum atomic E-state index is -0.575. The van der Waals surface area contributed by atoms with Gasteiger partial charge in [0.2, 0.25) is 0 Å². The number of methoxy groups -OCH3 is 1. The van der Waals surface area contributed by atoms with Crippen molar-refractivity contribution in [2.24, 2.45) is 0 Å². The van der Waals surface area contributed by atoms with E-state index >= 15 is 0 Å². The first-order valence-corrected chi connectivity index (χ1v) is 6.42. The summed E-state index contributed by atoms with van der Waals surface area (Å²) in [5, 5.41) is 3.21. The van der Waals surface area contributed by atoms with Crippen molar-refractivity contribution in [2.75, 3.05) is 7.11 Å². The molecule has 0 aliphatic heterocycles. The highest BCUT2D eigenvalue weighted by Gasteiger charge is 2.24. The first-order valence-electron chi connectivity index (χ1n) is 6.42. The normalized spacial score (nSPS) is 13.8. The van der Waals surface area contributed by atoms with Crippen molar-refractivity contribution in [3.8, 4) is 0 Å². The molecule has 2 heterocycles. The molecule has 5 nitrogen and oxygen atoms in total. The highest BCUT2D eigenvalue weighted by Crippen LogP contribution is 2.21. The second kappa shape index (κ2) is 6.34. The Morgan fingerprint density at radius 1 is 1.40 bits per heavy atom. The number of esters is 1. The van der Waals surface area contributed by atoms with Crippen molar-refractivity contribution in [1.29, 1.82) is 0 Å². The largest absolute Gasteiger partial charge is 0.468 e. The smallest absolute Gasteiger partial charge is 0.327 e. The lowest BCUT2D eigenvalue weighted by Gasteiger charge is -2.20. The van der Waals surface area contributed by atoms with Crippen molar-refractivity contribution < 1.29 is 13.9 Å². The van der Waals surface area contributed by atoms with Crippen LogP contribution in [0.25, 0.3) is 0 Å². The van der Waals surface area contributed by atoms with Gasteiger partial charge in [0.25, 0.3) is 0 Å². The molecule has 2 aromatic heterocycles. The van der Waals surface area contributed by atoms with Gasteiger partial charge >= 0.3 is 5.97 Å². The quantitative estimate of drug-likeness (QED) is 0.849. The van der Waals surface area contributed by atoms with E-state index in [0.717, 1.165) is 17.1 Å². The van der Waals surface area contributed by atoms with Crippen LogP contribution in [0.2, 0.25) is 0 Å². The summed E-state index contributed by atoms with van der Waals surface area (Å²) in [6, 6.07) is 6.72. The van der Waals surface area contributed by atoms with E-state index in [4.69, 9.17) is 9.15 Å². The van der Waals surface area contributed by atoms with Crippen molar-refractivity contribution in [3.05, 3.63) is 53.7 Å². The van der Waals surface area contributed by atoms with Gasteiger partial charge in [-0.05, 0) is 37.6 Å². The van der Waals surface area contributed by atoms with Crippen LogP contribution in [0, 0.1) is 6.92 Å². The number of hydrogen-bond donors (Lipinski definition) is 1. The van der Waals surface area contributed by atoms with Gasteiger partial charge < -0.3 is 9.15 Å². The zero-order chi connectivity index (χ0) is 14.5. The number of aryl methyl sites for hydroxylation is 1. The standard InChI is InChI=1S/C15H18N2O3/c1-10-6-7-13(20-10)11(2)17-14(15(18)19-3)12-5-4-8-16-9-12/h4-9,11,14,17H,1-3H3/t11-,14-/m0/s1. The van der Waals surface area contributed by atoms with Crippen LogP contribution in [-0.4, -0.2) is 18.1 Å². The number of ether oxygens (including phenoxy) is 1. The van der Waals surface area contributed by atoms with Crippen LogP contribution in [0.1, 0.15) is 36.1 Å². The molecule has 0 spiro atoms. The van der Waals surface area contributed by atoms with Gasteiger partial charge in [0.15, 0.2) is 0 Å². The maximum atomic E-state index is 11.9. The van der Waals surface area contributed by atoms with Crippen molar-refractivity contribution in [1.82, 2.24) is 10.3 Å². The predicted molar refractivity (Wildman–Crippen MR) is 74.0 cm³/mol. The van der Waals surface area contributed by atoms with Crippen LogP contribution in [0.15, 0.2) is 41.1 Å². The Morgan fingerprint density at radius 3 is 2.75 bits per heavy atom. The van der Waals surface area contributed by atoms with Crippen LogP contribution in [0.5, 0.6) is 0 Å². The highest BCUT2D eigenvalue weighted by atomic mass is 16.5. The fourth-order valence-electron chi connectivity index (χ4n) is 1.98. The molecular formula is C15H18N2O3. The van der Waals surface area contributed by atoms with Crippen LogP contribution in [0.4, 0.5) is 0 Å². The van der Waals surface area contributed by atoms with E-state index < -0.39 is 6.04 Å². The van der Waals surface area contributed by atoms with Gasteiger partial charge in [-0.15, -0.1) is 0 Å². The number of rotatable bonds is 5. The molecule has 106 valence electrons. The Morgan fingerprint density at radius 2 is 2.20 bits per heavy atom. The molecule has 1 N–H and O–H groups in total. The van der Waals surface area contributed by atoms with E-state index in [1.807, 2.05) is 32.0 Å². The zero-order valence-electron chi connectivity index (χ0n) is 11.8. The lowest BCUT2D eigenvalue weighted by molar-refractivity contribution is -0.143. The van der Waals surface area contributed by atoms with E-state index in [2.05, 4.69) is 10.3 Å². The summed E-state index contributed by atoms with van der Waals surface area (Å²) in [4.78, 5) is 16.0. The predicted octanol–water partition coefficient (Wildman–Crippen LogP) is 2.55. The lowest BCUT2D eigenvalue weighted by Crippen LogP contribution is -2.31. The van der Waals surface area contributed by atoms with E-state index in [-0.39, 0.29) is 12.0 Å². The van der Waals surface area contributed by atoms with Crippen molar-refractivity contribution in [2.45, 2.75) is 25.9 Å². The molecule has 2 rings (SSSR count). The molecular weight excluding hydrogens is 256 g/mol. The summed E-state index contributed by atoms with van der Waals surface area (Å²) in [7, 11) is 1.37. The molecule has 0 fully saturated rings. The van der Waals surface area contributed by atoms with Gasteiger partial charge in [0.05, 0.1) is 13.2 Å². The molecule has 0 unspecified atom stereocenters. The third-order valence-electron chi connectivity index (χ3n) is 3.06. The lowest BCUT2D eigenvalue weighted by atomic mass is 10.1. The summed E-state index contributed by atoms with van der Waals surface area (Å²) in [5.74, 6) is 1.26. The maximum absolute atomic E-state index is 11.9. The minimum absolute atomic E-state index is 0.118. The molecule has 0 bridgehead atoms. The molecule has 2 aromatic rings. The van der Waals surface area contributed by atoms with Gasteiger partial charge in [-0.3, -0.25) is 10.3 Å². The fourth-order valence-corrected chi connectivity index (χ4v) is 1.98. The summed E-state index contributed by atoms with van der Waals surface area (Å²) < 4.78 is 10.4. The first-order chi connectivity index (χ1) is 9.61. The van der Waals surface area contributed by atoms with Crippen LogP contribution < -0.4 is 5.32 Å². The third-order valence-corrected chi connectivity index (χ3v) is 3.06. The van der Waals surface area contributed by atoms with E-state index in [9.17, 15) is 4.79 Å². The Kier molecular flexibility index (Phi) is 4.53. The molecule has 0 aromatic carbocycles. The van der Waals surface area contributed by atoms with Crippen LogP contribution in [0.3, 0.4) is 0 Å². The minimum Gasteiger partial charge on any atom is -0.468 e. The molecule has 0 saturated carbocycles. The van der Waals surface area contributed by atoms with E-state index in [1.165, 1.54) is 7.11 Å². The number of carbonyl (C=O) groups is 1. The van der Waals surface area contributed by atoms with E-state index in [0.29, 0.717) is 0 Å². The number of nitrogens with zero attached hydrogens (tertiary/aromatic N) is 1. The number of furan rings is 1. The number of hydrogen-bond acceptors (Lipinski definition) is 5. The summed E-state index contributed by atoms with van der Waals surface area (Å²) in [5.41, 5.74) is 0.759. The average Bonchev–Trinajstić information content (AvgIpc) is 2.91. The molecule has 0 aliphatic rings. The number of nitrogens with one attached hydrogen (secondary N) is 1. The molecule has 20 heavy (non-hydrogen) atoms. The summed E-state index contributed by atoms with van der Waals surface area (Å²) >= 11 is 0. The van der Waals surface area contributed by atoms with E-state index in [1.54, 1.807) is 18.5 Å². The molecule has 2 atom stereocenters. The number of pyridine rings is 1. The molecule has 0 amide bonds. The fraction of sp³-hybridized carbons (Fsp3) is 0.333. The SMILES string of the molecule is COC(=O)[C@@H](N[C@@H](C)c1ccc(C)o1)c1cccnc1. The second-order valence-corrected chi connectivity index (χ2v) is 4.58. The Bertz CT molecular complexity index is 566. The first kappa shape index (κ1) is 14.3. The monoisotopic (exact) mass is 274 g/mol. The summed E-state index contributed by atoms with van der Waals surface area (Å²) in [6.07, 6.45) is 3.31. The van der Waals surface area contributed by atoms with Crippen LogP contribution in [-0.2, 0) is 9.53 Å². The number of carbonyl (C=O) groups excluding carboxylic acids is 1. The van der Waals surface area contributed by atoms with Gasteiger partial charge in [0.1, 0.15) is 17.6 Å². The van der Waals surface area contributed by atoms with Crippen molar-refractivity contribution in [3.63, 3.8) is 0 Å². The molecule has 5 heteroatoms. The van der Waals surface area contributed by atoms with Gasteiger partial charge in [-0.2, -0.15) is 0 Å². The Hall–Kier alpha value is -2.14. The zero-order valence-corrected chi connectivity index (χ0v) is 11.8. The Balaban J connectivity index is 2.18. The molecule has 0 radical (unpaired) electrons. The topological polar surface area (TPSA) is 64.4 Å². The van der Waals surface area contributed by atoms with Gasteiger partial charge in [-0.25, -0.2) is 4.79 Å². The second-order valence-electron chi connectivity index (χ2n) is 4.58. The maximum Gasteiger partial charge on any atom is 0.327 e.